The zero-order valence-corrected chi connectivity index (χ0v) is 12.4. The van der Waals surface area contributed by atoms with Gasteiger partial charge in [-0.05, 0) is 37.5 Å². The Kier molecular flexibility index (Phi) is 4.83. The van der Waals surface area contributed by atoms with E-state index < -0.39 is 0 Å². The number of nitrogens with zero attached hydrogens (tertiary/aromatic N) is 1. The molecule has 5 heteroatoms. The standard InChI is InChI=1S/C16H21NO4/c1-11-3-6-13(16(20)21-2)10-17(11)15(19)9-12-4-7-14(18)8-5-12/h4-5,7-8,11,13,18H,3,6,9-10H2,1-2H3/t11-,13+/m0/s1. The van der Waals surface area contributed by atoms with E-state index in [4.69, 9.17) is 4.74 Å². The summed E-state index contributed by atoms with van der Waals surface area (Å²) in [5.41, 5.74) is 0.852. The van der Waals surface area contributed by atoms with Crippen molar-refractivity contribution >= 4 is 11.9 Å². The summed E-state index contributed by atoms with van der Waals surface area (Å²) in [5, 5.41) is 9.26. The number of aromatic hydroxyl groups is 1. The molecule has 1 fully saturated rings. The molecule has 114 valence electrons. The van der Waals surface area contributed by atoms with Gasteiger partial charge in [0.1, 0.15) is 5.75 Å². The second kappa shape index (κ2) is 6.61. The first-order valence-corrected chi connectivity index (χ1v) is 7.16. The van der Waals surface area contributed by atoms with Gasteiger partial charge >= 0.3 is 5.97 Å². The van der Waals surface area contributed by atoms with Gasteiger partial charge in [-0.15, -0.1) is 0 Å². The molecule has 0 aliphatic carbocycles. The number of likely N-dealkylation sites (tertiary alicyclic amines) is 1. The van der Waals surface area contributed by atoms with Gasteiger partial charge in [-0.2, -0.15) is 0 Å². The second-order valence-corrected chi connectivity index (χ2v) is 5.54. The largest absolute Gasteiger partial charge is 0.508 e. The lowest BCUT2D eigenvalue weighted by Gasteiger charge is -2.37. The molecule has 1 aliphatic heterocycles. The predicted molar refractivity (Wildman–Crippen MR) is 77.7 cm³/mol. The molecule has 1 N–H and O–H groups in total. The van der Waals surface area contributed by atoms with Crippen molar-refractivity contribution in [2.45, 2.75) is 32.2 Å². The number of phenols is 1. The Morgan fingerprint density at radius 1 is 1.29 bits per heavy atom. The van der Waals surface area contributed by atoms with Crippen LogP contribution in [-0.2, 0) is 20.7 Å². The third-order valence-corrected chi connectivity index (χ3v) is 4.03. The summed E-state index contributed by atoms with van der Waals surface area (Å²) in [4.78, 5) is 25.8. The van der Waals surface area contributed by atoms with Gasteiger partial charge in [0.05, 0.1) is 19.4 Å². The van der Waals surface area contributed by atoms with Gasteiger partial charge in [-0.1, -0.05) is 12.1 Å². The minimum absolute atomic E-state index is 0.00166. The van der Waals surface area contributed by atoms with Gasteiger partial charge in [0.25, 0.3) is 0 Å². The molecular weight excluding hydrogens is 270 g/mol. The average molecular weight is 291 g/mol. The van der Waals surface area contributed by atoms with Crippen LogP contribution in [0.25, 0.3) is 0 Å². The molecule has 1 heterocycles. The Hall–Kier alpha value is -2.04. The number of esters is 1. The Morgan fingerprint density at radius 2 is 1.95 bits per heavy atom. The first-order chi connectivity index (χ1) is 10.0. The van der Waals surface area contributed by atoms with E-state index in [2.05, 4.69) is 0 Å². The molecule has 1 aromatic rings. The van der Waals surface area contributed by atoms with Crippen molar-refractivity contribution in [3.8, 4) is 5.75 Å². The summed E-state index contributed by atoms with van der Waals surface area (Å²) in [6.45, 7) is 2.42. The Labute approximate surface area is 124 Å². The first-order valence-electron chi connectivity index (χ1n) is 7.16. The highest BCUT2D eigenvalue weighted by atomic mass is 16.5. The number of methoxy groups -OCH3 is 1. The maximum absolute atomic E-state index is 12.4. The third-order valence-electron chi connectivity index (χ3n) is 4.03. The molecule has 1 saturated heterocycles. The fourth-order valence-electron chi connectivity index (χ4n) is 2.70. The highest BCUT2D eigenvalue weighted by Crippen LogP contribution is 2.24. The van der Waals surface area contributed by atoms with Crippen LogP contribution in [0, 0.1) is 5.92 Å². The molecule has 1 aromatic carbocycles. The Balaban J connectivity index is 2.02. The minimum atomic E-state index is -0.246. The fraction of sp³-hybridized carbons (Fsp3) is 0.500. The van der Waals surface area contributed by atoms with Crippen LogP contribution in [0.4, 0.5) is 0 Å². The smallest absolute Gasteiger partial charge is 0.310 e. The summed E-state index contributed by atoms with van der Waals surface area (Å²) in [6, 6.07) is 6.74. The van der Waals surface area contributed by atoms with E-state index >= 15 is 0 Å². The molecule has 0 radical (unpaired) electrons. The number of phenolic OH excluding ortho intramolecular Hbond substituents is 1. The number of carbonyl (C=O) groups excluding carboxylic acids is 2. The predicted octanol–water partition coefficient (Wildman–Crippen LogP) is 1.73. The van der Waals surface area contributed by atoms with Crippen LogP contribution in [-0.4, -0.2) is 41.6 Å². The fourth-order valence-corrected chi connectivity index (χ4v) is 2.70. The molecule has 21 heavy (non-hydrogen) atoms. The zero-order chi connectivity index (χ0) is 15.4. The van der Waals surface area contributed by atoms with Crippen LogP contribution in [0.5, 0.6) is 5.75 Å². The lowest BCUT2D eigenvalue weighted by molar-refractivity contribution is -0.150. The molecule has 0 bridgehead atoms. The minimum Gasteiger partial charge on any atom is -0.508 e. The van der Waals surface area contributed by atoms with Crippen LogP contribution in [0.1, 0.15) is 25.3 Å². The van der Waals surface area contributed by atoms with E-state index in [1.54, 1.807) is 29.2 Å². The summed E-state index contributed by atoms with van der Waals surface area (Å²) in [7, 11) is 1.38. The van der Waals surface area contributed by atoms with E-state index in [1.165, 1.54) is 7.11 Å². The molecule has 1 aliphatic rings. The number of rotatable bonds is 3. The number of ether oxygens (including phenoxy) is 1. The quantitative estimate of drug-likeness (QED) is 0.861. The Bertz CT molecular complexity index is 512. The highest BCUT2D eigenvalue weighted by Gasteiger charge is 2.32. The topological polar surface area (TPSA) is 66.8 Å². The van der Waals surface area contributed by atoms with Crippen LogP contribution in [0.3, 0.4) is 0 Å². The first kappa shape index (κ1) is 15.4. The van der Waals surface area contributed by atoms with Gasteiger partial charge in [0.2, 0.25) is 5.91 Å². The summed E-state index contributed by atoms with van der Waals surface area (Å²) in [6.07, 6.45) is 1.84. The number of hydrogen-bond acceptors (Lipinski definition) is 4. The highest BCUT2D eigenvalue weighted by molar-refractivity contribution is 5.80. The maximum atomic E-state index is 12.4. The number of carbonyl (C=O) groups is 2. The molecule has 2 atom stereocenters. The molecular formula is C16H21NO4. The van der Waals surface area contributed by atoms with Gasteiger partial charge < -0.3 is 14.7 Å². The molecule has 0 unspecified atom stereocenters. The Morgan fingerprint density at radius 3 is 2.57 bits per heavy atom. The van der Waals surface area contributed by atoms with Gasteiger partial charge in [-0.25, -0.2) is 0 Å². The molecule has 0 aromatic heterocycles. The van der Waals surface area contributed by atoms with E-state index in [-0.39, 0.29) is 36.0 Å². The van der Waals surface area contributed by atoms with E-state index in [0.29, 0.717) is 6.54 Å². The molecule has 1 amide bonds. The average Bonchev–Trinajstić information content (AvgIpc) is 2.49. The van der Waals surface area contributed by atoms with Crippen molar-refractivity contribution in [3.05, 3.63) is 29.8 Å². The van der Waals surface area contributed by atoms with E-state index in [9.17, 15) is 14.7 Å². The van der Waals surface area contributed by atoms with E-state index in [1.807, 2.05) is 6.92 Å². The summed E-state index contributed by atoms with van der Waals surface area (Å²) in [5.74, 6) is -0.288. The lowest BCUT2D eigenvalue weighted by Crippen LogP contribution is -2.48. The zero-order valence-electron chi connectivity index (χ0n) is 12.4. The van der Waals surface area contributed by atoms with Crippen molar-refractivity contribution in [3.63, 3.8) is 0 Å². The number of hydrogen-bond donors (Lipinski definition) is 1. The normalized spacial score (nSPS) is 21.9. The summed E-state index contributed by atoms with van der Waals surface area (Å²) < 4.78 is 4.78. The lowest BCUT2D eigenvalue weighted by atomic mass is 9.93. The van der Waals surface area contributed by atoms with Crippen LogP contribution in [0.2, 0.25) is 0 Å². The number of piperidine rings is 1. The van der Waals surface area contributed by atoms with Crippen molar-refractivity contribution in [2.24, 2.45) is 5.92 Å². The molecule has 2 rings (SSSR count). The molecule has 0 spiro atoms. The van der Waals surface area contributed by atoms with Crippen molar-refractivity contribution in [2.75, 3.05) is 13.7 Å². The monoisotopic (exact) mass is 291 g/mol. The van der Waals surface area contributed by atoms with Crippen molar-refractivity contribution in [1.82, 2.24) is 4.90 Å². The SMILES string of the molecule is COC(=O)[C@@H]1CC[C@H](C)N(C(=O)Cc2ccc(O)cc2)C1. The van der Waals surface area contributed by atoms with Gasteiger partial charge in [0, 0.05) is 12.6 Å². The van der Waals surface area contributed by atoms with Crippen molar-refractivity contribution in [1.29, 1.82) is 0 Å². The molecule has 5 nitrogen and oxygen atoms in total. The molecule has 0 saturated carbocycles. The second-order valence-electron chi connectivity index (χ2n) is 5.54. The summed E-state index contributed by atoms with van der Waals surface area (Å²) >= 11 is 0. The maximum Gasteiger partial charge on any atom is 0.310 e. The number of amides is 1. The third kappa shape index (κ3) is 3.74. The van der Waals surface area contributed by atoms with E-state index in [0.717, 1.165) is 18.4 Å². The van der Waals surface area contributed by atoms with Crippen LogP contribution < -0.4 is 0 Å². The van der Waals surface area contributed by atoms with Gasteiger partial charge in [-0.3, -0.25) is 9.59 Å². The van der Waals surface area contributed by atoms with Crippen LogP contribution >= 0.6 is 0 Å². The van der Waals surface area contributed by atoms with Gasteiger partial charge in [0.15, 0.2) is 0 Å². The van der Waals surface area contributed by atoms with Crippen LogP contribution in [0.15, 0.2) is 24.3 Å². The number of benzene rings is 1. The van der Waals surface area contributed by atoms with Crippen molar-refractivity contribution < 1.29 is 19.4 Å².